The SMILES string of the molecule is C[C@H](Oc1cc(N2C[C@H](C)N(C(=O)OC(C)(C)C)[C@@H](C)C2)nc(C(=O)C2CCC[C@@]3(CCCCC34OCCO4)C2=O)n1)[C@@H]1CCCN1C. The first kappa shape index (κ1) is 35.0. The first-order valence-corrected chi connectivity index (χ1v) is 18.1. The van der Waals surface area contributed by atoms with E-state index in [2.05, 4.69) is 16.8 Å². The van der Waals surface area contributed by atoms with Gasteiger partial charge in [0.2, 0.25) is 17.5 Å². The van der Waals surface area contributed by atoms with Gasteiger partial charge in [0.1, 0.15) is 17.5 Å². The predicted octanol–water partition coefficient (Wildman–Crippen LogP) is 5.03. The Morgan fingerprint density at radius 1 is 0.979 bits per heavy atom. The number of Topliss-reactive ketones (excluding diaryl/α,β-unsaturated/α-hetero) is 2. The number of anilines is 1. The molecule has 3 aliphatic heterocycles. The molecule has 2 aliphatic carbocycles. The average Bonchev–Trinajstić information content (AvgIpc) is 3.68. The van der Waals surface area contributed by atoms with Crippen LogP contribution in [0.3, 0.4) is 0 Å². The lowest BCUT2D eigenvalue weighted by atomic mass is 9.57. The van der Waals surface area contributed by atoms with E-state index in [4.69, 9.17) is 28.9 Å². The normalized spacial score (nSPS) is 31.8. The molecule has 0 aromatic carbocycles. The van der Waals surface area contributed by atoms with E-state index in [-0.39, 0.29) is 47.7 Å². The van der Waals surface area contributed by atoms with Gasteiger partial charge in [-0.25, -0.2) is 9.78 Å². The zero-order chi connectivity index (χ0) is 34.4. The van der Waals surface area contributed by atoms with Gasteiger partial charge in [-0.3, -0.25) is 19.4 Å². The summed E-state index contributed by atoms with van der Waals surface area (Å²) in [6.07, 6.45) is 6.63. The van der Waals surface area contributed by atoms with E-state index in [9.17, 15) is 14.4 Å². The molecule has 12 heteroatoms. The topological polar surface area (TPSA) is 124 Å². The third-order valence-corrected chi connectivity index (χ3v) is 11.2. The highest BCUT2D eigenvalue weighted by Crippen LogP contribution is 2.56. The van der Waals surface area contributed by atoms with E-state index in [1.165, 1.54) is 0 Å². The first-order chi connectivity index (χ1) is 22.7. The maximum Gasteiger partial charge on any atom is 0.410 e. The van der Waals surface area contributed by atoms with Gasteiger partial charge >= 0.3 is 6.09 Å². The van der Waals surface area contributed by atoms with Crippen molar-refractivity contribution in [3.63, 3.8) is 0 Å². The molecule has 12 nitrogen and oxygen atoms in total. The number of rotatable bonds is 6. The van der Waals surface area contributed by atoms with Crippen molar-refractivity contribution < 1.29 is 33.3 Å². The Labute approximate surface area is 285 Å². The number of carbonyl (C=O) groups excluding carboxylic acids is 3. The summed E-state index contributed by atoms with van der Waals surface area (Å²) < 4.78 is 24.6. The van der Waals surface area contributed by atoms with E-state index in [0.717, 1.165) is 38.6 Å². The van der Waals surface area contributed by atoms with Crippen LogP contribution in [0.5, 0.6) is 5.88 Å². The Balaban J connectivity index is 1.30. The molecule has 1 aromatic rings. The molecule has 0 bridgehead atoms. The zero-order valence-electron chi connectivity index (χ0n) is 30.0. The Morgan fingerprint density at radius 3 is 2.29 bits per heavy atom. The second-order valence-electron chi connectivity index (χ2n) is 15.8. The van der Waals surface area contributed by atoms with Crippen LogP contribution in [0.25, 0.3) is 0 Å². The third-order valence-electron chi connectivity index (χ3n) is 11.2. The highest BCUT2D eigenvalue weighted by Gasteiger charge is 2.63. The lowest BCUT2D eigenvalue weighted by Crippen LogP contribution is -2.60. The lowest BCUT2D eigenvalue weighted by molar-refractivity contribution is -0.255. The summed E-state index contributed by atoms with van der Waals surface area (Å²) >= 11 is 0. The maximum atomic E-state index is 14.5. The molecule has 0 radical (unpaired) electrons. The minimum Gasteiger partial charge on any atom is -0.473 e. The van der Waals surface area contributed by atoms with Crippen molar-refractivity contribution in [1.29, 1.82) is 0 Å². The Hall–Kier alpha value is -2.83. The number of ether oxygens (including phenoxy) is 4. The van der Waals surface area contributed by atoms with E-state index in [0.29, 0.717) is 63.7 Å². The van der Waals surface area contributed by atoms with Crippen LogP contribution in [0.4, 0.5) is 10.6 Å². The predicted molar refractivity (Wildman–Crippen MR) is 179 cm³/mol. The highest BCUT2D eigenvalue weighted by atomic mass is 16.7. The van der Waals surface area contributed by atoms with Gasteiger partial charge in [0.05, 0.1) is 36.6 Å². The van der Waals surface area contributed by atoms with Crippen LogP contribution in [0.2, 0.25) is 0 Å². The lowest BCUT2D eigenvalue weighted by Gasteiger charge is -2.51. The maximum absolute atomic E-state index is 14.5. The minimum atomic E-state index is -0.943. The van der Waals surface area contributed by atoms with Crippen LogP contribution >= 0.6 is 0 Å². The number of amides is 1. The fraction of sp³-hybridized carbons (Fsp3) is 0.806. The van der Waals surface area contributed by atoms with Crippen molar-refractivity contribution in [2.45, 2.75) is 135 Å². The molecule has 4 heterocycles. The second-order valence-corrected chi connectivity index (χ2v) is 15.8. The van der Waals surface area contributed by atoms with Gasteiger partial charge < -0.3 is 23.8 Å². The van der Waals surface area contributed by atoms with Crippen molar-refractivity contribution >= 4 is 23.5 Å². The van der Waals surface area contributed by atoms with Crippen molar-refractivity contribution in [2.24, 2.45) is 11.3 Å². The van der Waals surface area contributed by atoms with Crippen molar-refractivity contribution in [1.82, 2.24) is 19.8 Å². The van der Waals surface area contributed by atoms with Gasteiger partial charge in [-0.05, 0) is 93.7 Å². The molecule has 266 valence electrons. The number of ketones is 2. The molecule has 0 N–H and O–H groups in total. The largest absolute Gasteiger partial charge is 0.473 e. The Morgan fingerprint density at radius 2 is 1.65 bits per heavy atom. The van der Waals surface area contributed by atoms with Crippen molar-refractivity contribution in [3.8, 4) is 5.88 Å². The van der Waals surface area contributed by atoms with Crippen LogP contribution in [-0.4, -0.2) is 113 Å². The number of aromatic nitrogens is 2. The van der Waals surface area contributed by atoms with Gasteiger partial charge in [-0.2, -0.15) is 4.98 Å². The molecule has 2 spiro atoms. The van der Waals surface area contributed by atoms with E-state index in [1.54, 1.807) is 11.0 Å². The number of nitrogens with zero attached hydrogens (tertiary/aromatic N) is 5. The molecular weight excluding hydrogens is 614 g/mol. The van der Waals surface area contributed by atoms with Gasteiger partial charge in [-0.15, -0.1) is 0 Å². The van der Waals surface area contributed by atoms with Gasteiger partial charge in [0.15, 0.2) is 11.6 Å². The molecule has 3 saturated heterocycles. The summed E-state index contributed by atoms with van der Waals surface area (Å²) in [4.78, 5) is 57.7. The highest BCUT2D eigenvalue weighted by molar-refractivity contribution is 6.11. The zero-order valence-corrected chi connectivity index (χ0v) is 30.0. The summed E-state index contributed by atoms with van der Waals surface area (Å²) in [6.45, 7) is 14.5. The molecule has 1 amide bonds. The average molecular weight is 670 g/mol. The van der Waals surface area contributed by atoms with Crippen LogP contribution in [0, 0.1) is 11.3 Å². The molecule has 5 fully saturated rings. The van der Waals surface area contributed by atoms with Crippen molar-refractivity contribution in [2.75, 3.05) is 44.8 Å². The van der Waals surface area contributed by atoms with Crippen LogP contribution < -0.4 is 9.64 Å². The number of hydrogen-bond acceptors (Lipinski definition) is 11. The monoisotopic (exact) mass is 669 g/mol. The summed E-state index contributed by atoms with van der Waals surface area (Å²) in [5, 5.41) is 0. The summed E-state index contributed by atoms with van der Waals surface area (Å²) in [5.41, 5.74) is -1.43. The number of likely N-dealkylation sites (tertiary alicyclic amines) is 1. The third kappa shape index (κ3) is 6.56. The Kier molecular flexibility index (Phi) is 9.83. The van der Waals surface area contributed by atoms with Crippen molar-refractivity contribution in [3.05, 3.63) is 11.9 Å². The molecular formula is C36H55N5O7. The number of carbonyl (C=O) groups is 3. The molecule has 5 aliphatic rings. The van der Waals surface area contributed by atoms with E-state index < -0.39 is 22.7 Å². The van der Waals surface area contributed by atoms with E-state index >= 15 is 0 Å². The molecule has 6 atom stereocenters. The quantitative estimate of drug-likeness (QED) is 0.299. The standard InChI is InChI=1S/C36H55N5O7/c1-23-21-40(22-24(2)41(23)33(44)48-34(4,5)6)28-20-29(47-25(3)27-13-11-17-39(27)7)38-32(37-28)30(42)26-12-10-15-35(31(26)43)14-8-9-16-36(35)45-18-19-46-36/h20,23-27H,8-19,21-22H2,1-7H3/t23-,24-,25-,26?,27-,35-/m0/s1. The molecule has 6 rings (SSSR count). The molecule has 2 saturated carbocycles. The van der Waals surface area contributed by atoms with Crippen LogP contribution in [-0.2, 0) is 19.0 Å². The number of likely N-dealkylation sites (N-methyl/N-ethyl adjacent to an activating group) is 1. The fourth-order valence-corrected chi connectivity index (χ4v) is 9.05. The minimum absolute atomic E-state index is 0.00197. The van der Waals surface area contributed by atoms with Crippen LogP contribution in [0.15, 0.2) is 6.07 Å². The first-order valence-electron chi connectivity index (χ1n) is 18.1. The van der Waals surface area contributed by atoms with Crippen LogP contribution in [0.1, 0.15) is 110 Å². The second kappa shape index (κ2) is 13.5. The van der Waals surface area contributed by atoms with Gasteiger partial charge in [-0.1, -0.05) is 12.8 Å². The summed E-state index contributed by atoms with van der Waals surface area (Å²) in [5.74, 6) is -1.41. The van der Waals surface area contributed by atoms with E-state index in [1.807, 2.05) is 41.5 Å². The smallest absolute Gasteiger partial charge is 0.410 e. The molecule has 1 unspecified atom stereocenters. The number of hydrogen-bond donors (Lipinski definition) is 0. The molecule has 1 aromatic heterocycles. The van der Waals surface area contributed by atoms with Gasteiger partial charge in [0.25, 0.3) is 0 Å². The number of fused-ring (bicyclic) bond motifs is 1. The summed E-state index contributed by atoms with van der Waals surface area (Å²) in [6, 6.07) is 1.67. The summed E-state index contributed by atoms with van der Waals surface area (Å²) in [7, 11) is 2.10. The number of piperazine rings is 1. The fourth-order valence-electron chi connectivity index (χ4n) is 9.05. The van der Waals surface area contributed by atoms with Gasteiger partial charge in [0, 0.05) is 31.6 Å². The Bertz CT molecular complexity index is 1360. The molecule has 48 heavy (non-hydrogen) atoms.